The molecule has 0 spiro atoms. The lowest BCUT2D eigenvalue weighted by Crippen LogP contribution is -2.43. The van der Waals surface area contributed by atoms with Crippen molar-refractivity contribution < 1.29 is 37.0 Å². The molecule has 2 aromatic rings. The lowest BCUT2D eigenvalue weighted by atomic mass is 9.76. The van der Waals surface area contributed by atoms with E-state index in [9.17, 15) is 18.0 Å². The van der Waals surface area contributed by atoms with Crippen molar-refractivity contribution in [3.8, 4) is 0 Å². The molecule has 1 saturated carbocycles. The van der Waals surface area contributed by atoms with E-state index in [2.05, 4.69) is 15.6 Å². The number of carbonyl (C=O) groups is 2. The van der Waals surface area contributed by atoms with Crippen molar-refractivity contribution >= 4 is 11.9 Å². The number of aliphatic carboxylic acids is 1. The summed E-state index contributed by atoms with van der Waals surface area (Å²) in [6.07, 6.45) is -1.04. The highest BCUT2D eigenvalue weighted by Gasteiger charge is 2.61. The Kier molecular flexibility index (Phi) is 6.54. The van der Waals surface area contributed by atoms with Crippen LogP contribution >= 0.6 is 0 Å². The number of carbonyl (C=O) groups excluding carboxylic acids is 1. The van der Waals surface area contributed by atoms with E-state index in [0.717, 1.165) is 18.4 Å². The van der Waals surface area contributed by atoms with Crippen molar-refractivity contribution in [3.63, 3.8) is 0 Å². The quantitative estimate of drug-likeness (QED) is 0.536. The molecule has 1 aromatic carbocycles. The zero-order chi connectivity index (χ0) is 23.6. The van der Waals surface area contributed by atoms with E-state index in [1.54, 1.807) is 16.8 Å². The normalized spacial score (nSPS) is 24.4. The second kappa shape index (κ2) is 8.85. The Morgan fingerprint density at radius 2 is 1.94 bits per heavy atom. The molecule has 2 fully saturated rings. The molecule has 8 nitrogen and oxygen atoms in total. The zero-order valence-corrected chi connectivity index (χ0v) is 17.2. The van der Waals surface area contributed by atoms with Crippen LogP contribution in [0.1, 0.15) is 40.9 Å². The van der Waals surface area contributed by atoms with Gasteiger partial charge in [0.1, 0.15) is 5.67 Å². The fraction of sp³-hybridized carbons (Fsp3) is 0.500. The van der Waals surface area contributed by atoms with Crippen molar-refractivity contribution in [1.29, 1.82) is 0 Å². The Hall–Kier alpha value is -3.02. The standard InChI is InChI=1S/C18H21FN4O2.C2HF3O2/c1-25-16(24)14-6-3-2-5-13(14)9-23-10-15(21-22-23)17-7-4-8-18(17,19)12-20-11-17;3-2(4,5)1(6)7/h2-3,5-6,10,20H,4,7-9,11-12H2,1H3;(H,6,7)/t17-,18-;/m1./s1. The van der Waals surface area contributed by atoms with Crippen molar-refractivity contribution in [3.05, 3.63) is 47.3 Å². The van der Waals surface area contributed by atoms with Gasteiger partial charge in [0.2, 0.25) is 0 Å². The molecule has 174 valence electrons. The first-order valence-electron chi connectivity index (χ1n) is 9.79. The van der Waals surface area contributed by atoms with Crippen LogP contribution in [0.15, 0.2) is 30.5 Å². The topological polar surface area (TPSA) is 106 Å². The molecule has 4 rings (SSSR count). The van der Waals surface area contributed by atoms with Crippen LogP contribution in [0.3, 0.4) is 0 Å². The summed E-state index contributed by atoms with van der Waals surface area (Å²) in [7, 11) is 1.36. The van der Waals surface area contributed by atoms with E-state index < -0.39 is 23.2 Å². The third-order valence-electron chi connectivity index (χ3n) is 5.89. The largest absolute Gasteiger partial charge is 0.490 e. The molecule has 0 amide bonds. The summed E-state index contributed by atoms with van der Waals surface area (Å²) >= 11 is 0. The molecular formula is C20H22F4N4O4. The Balaban J connectivity index is 0.000000360. The summed E-state index contributed by atoms with van der Waals surface area (Å²) in [4.78, 5) is 20.8. The molecule has 2 aliphatic rings. The number of methoxy groups -OCH3 is 1. The van der Waals surface area contributed by atoms with Crippen LogP contribution in [-0.2, 0) is 21.5 Å². The highest BCUT2D eigenvalue weighted by atomic mass is 19.4. The van der Waals surface area contributed by atoms with Crippen molar-refractivity contribution in [2.24, 2.45) is 0 Å². The van der Waals surface area contributed by atoms with Crippen LogP contribution in [-0.4, -0.2) is 64.1 Å². The van der Waals surface area contributed by atoms with E-state index in [0.29, 0.717) is 37.3 Å². The fourth-order valence-electron chi connectivity index (χ4n) is 4.30. The number of halogens is 4. The lowest BCUT2D eigenvalue weighted by Gasteiger charge is -2.30. The van der Waals surface area contributed by atoms with Crippen LogP contribution in [0.4, 0.5) is 17.6 Å². The smallest absolute Gasteiger partial charge is 0.475 e. The van der Waals surface area contributed by atoms with Crippen molar-refractivity contribution in [2.75, 3.05) is 20.2 Å². The second-order valence-corrected chi connectivity index (χ2v) is 7.76. The molecule has 0 unspecified atom stereocenters. The van der Waals surface area contributed by atoms with Gasteiger partial charge in [-0.2, -0.15) is 13.2 Å². The highest BCUT2D eigenvalue weighted by molar-refractivity contribution is 5.90. The number of aromatic nitrogens is 3. The van der Waals surface area contributed by atoms with E-state index in [1.807, 2.05) is 18.3 Å². The number of alkyl halides is 4. The number of rotatable bonds is 4. The number of esters is 1. The number of ether oxygens (including phenoxy) is 1. The van der Waals surface area contributed by atoms with Crippen molar-refractivity contribution in [1.82, 2.24) is 20.3 Å². The summed E-state index contributed by atoms with van der Waals surface area (Å²) in [5.41, 5.74) is 0.188. The minimum Gasteiger partial charge on any atom is -0.475 e. The summed E-state index contributed by atoms with van der Waals surface area (Å²) in [6, 6.07) is 7.24. The molecule has 2 atom stereocenters. The highest BCUT2D eigenvalue weighted by Crippen LogP contribution is 2.52. The average molecular weight is 458 g/mol. The van der Waals surface area contributed by atoms with Gasteiger partial charge in [-0.15, -0.1) is 5.10 Å². The number of hydrogen-bond acceptors (Lipinski definition) is 6. The van der Waals surface area contributed by atoms with E-state index in [4.69, 9.17) is 14.6 Å². The zero-order valence-electron chi connectivity index (χ0n) is 17.2. The fourth-order valence-corrected chi connectivity index (χ4v) is 4.30. The van der Waals surface area contributed by atoms with Crippen LogP contribution in [0.2, 0.25) is 0 Å². The third kappa shape index (κ3) is 4.45. The van der Waals surface area contributed by atoms with Gasteiger partial charge in [0.15, 0.2) is 0 Å². The first-order chi connectivity index (χ1) is 15.0. The van der Waals surface area contributed by atoms with Gasteiger partial charge in [-0.25, -0.2) is 18.7 Å². The molecule has 2 heterocycles. The number of carboxylic acids is 1. The van der Waals surface area contributed by atoms with Crippen LogP contribution < -0.4 is 5.32 Å². The second-order valence-electron chi connectivity index (χ2n) is 7.76. The Bertz CT molecular complexity index is 982. The van der Waals surface area contributed by atoms with Gasteiger partial charge in [0.25, 0.3) is 0 Å². The average Bonchev–Trinajstić information content (AvgIpc) is 3.40. The lowest BCUT2D eigenvalue weighted by molar-refractivity contribution is -0.192. The number of carboxylic acid groups (broad SMARTS) is 1. The molecule has 1 saturated heterocycles. The molecule has 1 aliphatic carbocycles. The molecule has 0 bridgehead atoms. The predicted octanol–water partition coefficient (Wildman–Crippen LogP) is 2.48. The van der Waals surface area contributed by atoms with E-state index >= 15 is 4.39 Å². The van der Waals surface area contributed by atoms with Gasteiger partial charge in [-0.3, -0.25) is 0 Å². The summed E-state index contributed by atoms with van der Waals surface area (Å²) in [5.74, 6) is -3.14. The maximum absolute atomic E-state index is 15.3. The van der Waals surface area contributed by atoms with E-state index in [1.165, 1.54) is 7.11 Å². The van der Waals surface area contributed by atoms with Crippen molar-refractivity contribution in [2.45, 2.75) is 43.1 Å². The van der Waals surface area contributed by atoms with Gasteiger partial charge < -0.3 is 15.2 Å². The summed E-state index contributed by atoms with van der Waals surface area (Å²) in [5, 5.41) is 18.8. The Morgan fingerprint density at radius 3 is 2.59 bits per heavy atom. The molecule has 1 aromatic heterocycles. The van der Waals surface area contributed by atoms with Crippen LogP contribution in [0, 0.1) is 0 Å². The number of nitrogens with zero attached hydrogens (tertiary/aromatic N) is 3. The molecule has 1 aliphatic heterocycles. The number of benzene rings is 1. The summed E-state index contributed by atoms with van der Waals surface area (Å²) in [6.45, 7) is 1.37. The molecule has 2 N–H and O–H groups in total. The molecular weight excluding hydrogens is 436 g/mol. The maximum Gasteiger partial charge on any atom is 0.490 e. The third-order valence-corrected chi connectivity index (χ3v) is 5.89. The Morgan fingerprint density at radius 1 is 1.25 bits per heavy atom. The number of fused-ring (bicyclic) bond motifs is 1. The van der Waals surface area contributed by atoms with Gasteiger partial charge in [0.05, 0.1) is 30.3 Å². The first kappa shape index (κ1) is 23.6. The Labute approximate surface area is 180 Å². The molecule has 12 heteroatoms. The summed E-state index contributed by atoms with van der Waals surface area (Å²) < 4.78 is 53.5. The number of hydrogen-bond donors (Lipinski definition) is 2. The minimum absolute atomic E-state index is 0.380. The first-order valence-corrected chi connectivity index (χ1v) is 9.79. The van der Waals surface area contributed by atoms with Crippen LogP contribution in [0.5, 0.6) is 0 Å². The maximum atomic E-state index is 15.3. The van der Waals surface area contributed by atoms with Gasteiger partial charge in [0, 0.05) is 19.3 Å². The van der Waals surface area contributed by atoms with Gasteiger partial charge in [-0.05, 0) is 30.9 Å². The van der Waals surface area contributed by atoms with Crippen LogP contribution in [0.25, 0.3) is 0 Å². The van der Waals surface area contributed by atoms with Gasteiger partial charge in [-0.1, -0.05) is 23.4 Å². The SMILES string of the molecule is COC(=O)c1ccccc1Cn1cc([C@]23CCC[C@@]2(F)CNC3)nn1.O=C(O)C(F)(F)F. The van der Waals surface area contributed by atoms with E-state index in [-0.39, 0.29) is 5.97 Å². The molecule has 0 radical (unpaired) electrons. The predicted molar refractivity (Wildman–Crippen MR) is 103 cm³/mol. The minimum atomic E-state index is -5.08. The molecule has 32 heavy (non-hydrogen) atoms. The van der Waals surface area contributed by atoms with Gasteiger partial charge >= 0.3 is 18.1 Å². The monoisotopic (exact) mass is 458 g/mol. The number of nitrogens with one attached hydrogen (secondary N) is 1.